The van der Waals surface area contributed by atoms with E-state index in [9.17, 15) is 39.3 Å². The molecule has 12 atom stereocenters. The number of methoxy groups -OCH3 is 2. The van der Waals surface area contributed by atoms with E-state index in [-0.39, 0.29) is 76.2 Å². The van der Waals surface area contributed by atoms with Gasteiger partial charge in [0.1, 0.15) is 47.8 Å². The maximum absolute atomic E-state index is 13.0. The van der Waals surface area contributed by atoms with Crippen molar-refractivity contribution in [2.45, 2.75) is 133 Å². The number of ether oxygens (including phenoxy) is 8. The predicted molar refractivity (Wildman–Crippen MR) is 457 cm³/mol. The average molecular weight is 2070 g/mol. The summed E-state index contributed by atoms with van der Waals surface area (Å²) < 4.78 is 180. The first-order chi connectivity index (χ1) is 61.7. The molecule has 14 rings (SSSR count). The molecule has 6 heterocycles. The highest BCUT2D eigenvalue weighted by Crippen LogP contribution is 2.69. The molecule has 8 aliphatic rings. The highest BCUT2D eigenvalue weighted by Gasteiger charge is 2.79. The van der Waals surface area contributed by atoms with Gasteiger partial charge in [-0.05, 0) is 172 Å². The van der Waals surface area contributed by atoms with Crippen LogP contribution >= 0.6 is 92.8 Å². The molecule has 1 amide bonds. The first-order valence-corrected chi connectivity index (χ1v) is 40.1. The summed E-state index contributed by atoms with van der Waals surface area (Å²) in [6.45, 7) is 9.37. The van der Waals surface area contributed by atoms with E-state index in [1.54, 1.807) is 26.4 Å². The van der Waals surface area contributed by atoms with Crippen LogP contribution in [-0.4, -0.2) is 197 Å². The molecule has 2 saturated heterocycles. The number of carbonyl (C=O) groups excluding carboxylic acids is 5. The summed E-state index contributed by atoms with van der Waals surface area (Å²) in [5.74, 6) is 1.72. The maximum Gasteiger partial charge on any atom is 0.515 e. The monoisotopic (exact) mass is 2060 g/mol. The Morgan fingerprint density at radius 1 is 0.527 bits per heavy atom. The Morgan fingerprint density at radius 2 is 0.893 bits per heavy atom. The Kier molecular flexibility index (Phi) is 61.1. The molecule has 51 heteroatoms. The van der Waals surface area contributed by atoms with E-state index in [0.29, 0.717) is 12.2 Å². The van der Waals surface area contributed by atoms with Crippen LogP contribution in [0.15, 0.2) is 182 Å². The Morgan fingerprint density at radius 3 is 1.24 bits per heavy atom. The minimum absolute atomic E-state index is 0. The lowest BCUT2D eigenvalue weighted by Crippen LogP contribution is -2.81. The molecule has 23 nitrogen and oxygen atoms in total. The lowest BCUT2D eigenvalue weighted by Gasteiger charge is -2.64. The zero-order valence-electron chi connectivity index (χ0n) is 70.0. The fourth-order valence-electron chi connectivity index (χ4n) is 18.1. The Hall–Kier alpha value is -8.28. The summed E-state index contributed by atoms with van der Waals surface area (Å²) in [7, 11) is 7.31. The molecule has 6 aromatic rings. The van der Waals surface area contributed by atoms with Crippen LogP contribution in [-0.2, 0) is 63.9 Å². The van der Waals surface area contributed by atoms with Gasteiger partial charge in [0.2, 0.25) is 0 Å². The van der Waals surface area contributed by atoms with E-state index in [1.807, 2.05) is 141 Å². The third kappa shape index (κ3) is 31.9. The van der Waals surface area contributed by atoms with Crippen LogP contribution in [0.3, 0.4) is 0 Å². The van der Waals surface area contributed by atoms with Gasteiger partial charge < -0.3 is 79.2 Å². The number of aliphatic hydroxyl groups is 4. The molecule has 6 aromatic carbocycles. The number of fused-ring (bicyclic) bond motifs is 2. The molecule has 3 radical (unpaired) electrons. The van der Waals surface area contributed by atoms with Gasteiger partial charge in [0.05, 0.1) is 45.6 Å². The van der Waals surface area contributed by atoms with Crippen LogP contribution in [0.1, 0.15) is 74.3 Å². The number of halogens is 27. The number of alkyl halides is 6. The molecule has 0 bridgehead atoms. The number of carbonyl (C=O) groups is 5. The predicted octanol–water partition coefficient (Wildman–Crippen LogP) is 21.0. The smallest absolute Gasteiger partial charge is 0.497 e. The van der Waals surface area contributed by atoms with Crippen molar-refractivity contribution in [3.63, 3.8) is 0 Å². The number of hydrogen-bond acceptors (Lipinski definition) is 22. The second-order valence-corrected chi connectivity index (χ2v) is 32.9. The quantitative estimate of drug-likeness (QED) is 0.00998. The molecule has 737 valence electrons. The standard InChI is InChI=1S/C32H39N3O6.C22H31N3O3.2C8H7ClO2.C7H8O.C3Cl6O3.B.9F2.FH/c1-5-30-14-9-16-35-17-15-31(26(30)35)24-13-12-23(39-4)18-25(24)34(3)27(31)32(38,28(30)41-21(2)36)20-33-29(37)40-19-22-10-7-6-8-11-22;1-4-20-8-5-10-25-11-9-21(17(20)25)15-7-6-14(28-3)12-16(15)24(2)18(21)22(27,13-23)19(20)26;9-8(10)6-11-7-4-2-1-3-5-7;9-8(10)11-6-7-4-2-1-3-5-7;8-6-7-4-2-1-3-5-7;4-2(5,6)11-1(10)12-3(7,8)9;;9*1-2;/h6-14,18,26-28,38H,5,15-17,19-20H2,1-4H3,(H,33,37);5-8,12,17-19,26-27H,4,9-11,13,23H2,1-3H3;2*1-5H,6H2;1-5,8H,6H2;;;;;;;;;;;;1H/t26-,27+,28+,30+,31+,32-;17-,18+,19+,20+,21+,22-;;;;;;;;;;;;;;;/m00.............../s1. The zero-order chi connectivity index (χ0) is 98.9. The summed E-state index contributed by atoms with van der Waals surface area (Å²) >= 11 is 40.2. The first-order valence-electron chi connectivity index (χ1n) is 37.0. The summed E-state index contributed by atoms with van der Waals surface area (Å²) in [5.41, 5.74) is 7.66. The van der Waals surface area contributed by atoms with Crippen molar-refractivity contribution in [1.82, 2.24) is 15.1 Å². The number of nitrogens with one attached hydrogen (secondary N) is 1. The number of hydrogen-bond donors (Lipinski definition) is 6. The van der Waals surface area contributed by atoms with E-state index >= 15 is 0 Å². The Balaban J connectivity index is -0.00000158. The van der Waals surface area contributed by atoms with Gasteiger partial charge in [-0.25, -0.2) is 14.4 Å². The van der Waals surface area contributed by atoms with Crippen molar-refractivity contribution in [3.8, 4) is 17.2 Å². The minimum atomic E-state index is -2.24. The Bertz CT molecular complexity index is 4230. The number of nitrogens with zero attached hydrogens (tertiary/aromatic N) is 4. The lowest BCUT2D eigenvalue weighted by molar-refractivity contribution is -0.217. The number of likely N-dealkylation sites (N-methyl/N-ethyl adjacent to an activating group) is 2. The molecule has 2 saturated carbocycles. The molecule has 2 spiro atoms. The van der Waals surface area contributed by atoms with Crippen LogP contribution < -0.4 is 35.1 Å². The van der Waals surface area contributed by atoms with E-state index in [0.717, 1.165) is 90.6 Å². The second-order valence-electron chi connectivity index (χ2n) is 27.9. The van der Waals surface area contributed by atoms with Crippen molar-refractivity contribution in [2.24, 2.45) is 16.6 Å². The largest absolute Gasteiger partial charge is 0.515 e. The Labute approximate surface area is 781 Å². The van der Waals surface area contributed by atoms with Crippen LogP contribution in [0, 0.1) is 10.8 Å². The number of alkyl carbamates (subject to hydrolysis) is 1. The highest BCUT2D eigenvalue weighted by molar-refractivity contribution is 6.67. The van der Waals surface area contributed by atoms with Gasteiger partial charge in [0, 0.05) is 200 Å². The van der Waals surface area contributed by atoms with Crippen LogP contribution in [0.4, 0.5) is 113 Å². The van der Waals surface area contributed by atoms with Gasteiger partial charge in [-0.2, -0.15) is 0 Å². The number of anilines is 2. The van der Waals surface area contributed by atoms with Crippen LogP contribution in [0.2, 0.25) is 0 Å². The van der Waals surface area contributed by atoms with Crippen molar-refractivity contribution in [1.29, 1.82) is 0 Å². The number of para-hydroxylation sites is 1. The number of benzene rings is 6. The fourth-order valence-corrected chi connectivity index (χ4v) is 18.6. The van der Waals surface area contributed by atoms with Crippen molar-refractivity contribution >= 4 is 141 Å². The summed E-state index contributed by atoms with van der Waals surface area (Å²) in [4.78, 5) is 65.8. The lowest BCUT2D eigenvalue weighted by atomic mass is 9.47. The topological polar surface area (TPSA) is 291 Å². The van der Waals surface area contributed by atoms with Gasteiger partial charge in [-0.3, -0.25) is 24.1 Å². The number of esters is 1. The van der Waals surface area contributed by atoms with Gasteiger partial charge >= 0.3 is 31.6 Å². The number of aliphatic hydroxyl groups excluding tert-OH is 2. The van der Waals surface area contributed by atoms with Crippen LogP contribution in [0.25, 0.3) is 0 Å². The van der Waals surface area contributed by atoms with Crippen LogP contribution in [0.5, 0.6) is 17.2 Å². The van der Waals surface area contributed by atoms with Gasteiger partial charge in [-0.15, -0.1) is 0 Å². The normalized spacial score (nSPS) is 23.3. The molecular formula is C80H93BCl8F19N6O17. The molecule has 4 fully saturated rings. The van der Waals surface area contributed by atoms with Crippen molar-refractivity contribution in [2.75, 3.05) is 84.0 Å². The highest BCUT2D eigenvalue weighted by atomic mass is 35.6. The third-order valence-corrected chi connectivity index (χ3v) is 22.6. The van der Waals surface area contributed by atoms with Crippen molar-refractivity contribution in [3.05, 3.63) is 210 Å². The first kappa shape index (κ1) is 127. The fraction of sp³-hybridized carbons (Fsp3) is 0.438. The summed E-state index contributed by atoms with van der Waals surface area (Å²) in [6, 6.07) is 49.1. The molecule has 6 aliphatic heterocycles. The van der Waals surface area contributed by atoms with Crippen molar-refractivity contribution < 1.29 is 169 Å². The molecule has 2 aliphatic carbocycles. The van der Waals surface area contributed by atoms with Gasteiger partial charge in [0.25, 0.3) is 5.24 Å². The van der Waals surface area contributed by atoms with Gasteiger partial charge in [0.15, 0.2) is 6.61 Å². The van der Waals surface area contributed by atoms with E-state index in [1.165, 1.54) is 12.5 Å². The second kappa shape index (κ2) is 63.1. The average Bonchev–Trinajstić information content (AvgIpc) is 1.48. The SMILES string of the molecule is CC[C@]12C=CCN3CC[C@@]4(c5ccc(OC)cc5N(C)[C@H]4[C@@](O)(CN)[C@@H]1O)[C@@H]32.CC[C@]12C=CCN3CC[C@@]4(c5ccc(OC)cc5N(C)[C@H]4[C@@](O)(CNC(=O)OCc4ccccc4)[C@@H]1OC(C)=O)[C@@H]32.F.FF.FF.FF.FF.FF.FF.FF.FF.FF.O=C(Cl)COc1ccccc1.O=C(Cl)OCc1ccccc1.O=C(OC(Cl)(Cl)Cl)OC(Cl)(Cl)Cl.OCc1ccccc1.[B]. The number of rotatable bonds is 16. The van der Waals surface area contributed by atoms with E-state index in [2.05, 4.69) is 95.5 Å². The summed E-state index contributed by atoms with van der Waals surface area (Å²) in [6.07, 6.45) is 7.92. The molecule has 0 unspecified atom stereocenters. The maximum atomic E-state index is 13.0. The molecular weight excluding hydrogens is 1970 g/mol. The molecule has 7 N–H and O–H groups in total. The zero-order valence-corrected chi connectivity index (χ0v) is 76.0. The number of nitrogens with two attached hydrogens (primary N) is 1. The minimum Gasteiger partial charge on any atom is -0.497 e. The van der Waals surface area contributed by atoms with Gasteiger partial charge in [-0.1, -0.05) is 159 Å². The molecule has 131 heavy (non-hydrogen) atoms. The van der Waals surface area contributed by atoms with E-state index < -0.39 is 82.5 Å². The molecule has 0 aromatic heterocycles. The third-order valence-electron chi connectivity index (χ3n) is 22.0. The number of amides is 1. The summed E-state index contributed by atoms with van der Waals surface area (Å²) in [5, 5.41) is 47.5. The van der Waals surface area contributed by atoms with E-state index in [4.69, 9.17) is 210 Å².